The van der Waals surface area contributed by atoms with Crippen LogP contribution in [-0.4, -0.2) is 53.0 Å². The molecule has 1 aliphatic rings. The zero-order valence-electron chi connectivity index (χ0n) is 17.0. The number of pyridine rings is 1. The number of ether oxygens (including phenoxy) is 2. The van der Waals surface area contributed by atoms with E-state index in [2.05, 4.69) is 24.9 Å². The van der Waals surface area contributed by atoms with Crippen molar-refractivity contribution >= 4 is 45.0 Å². The number of benzene rings is 1. The second-order valence-corrected chi connectivity index (χ2v) is 8.51. The Morgan fingerprint density at radius 3 is 3.16 bits per heavy atom. The van der Waals surface area contributed by atoms with Crippen LogP contribution in [0.5, 0.6) is 10.9 Å². The predicted molar refractivity (Wildman–Crippen MR) is 118 cm³/mol. The fourth-order valence-corrected chi connectivity index (χ4v) is 4.59. The Bertz CT molecular complexity index is 1240. The molecule has 3 aromatic heterocycles. The van der Waals surface area contributed by atoms with Gasteiger partial charge >= 0.3 is 0 Å². The van der Waals surface area contributed by atoms with Crippen molar-refractivity contribution in [3.8, 4) is 10.9 Å². The molecule has 1 N–H and O–H groups in total. The summed E-state index contributed by atoms with van der Waals surface area (Å²) in [5, 5.41) is 4.40. The summed E-state index contributed by atoms with van der Waals surface area (Å²) in [4.78, 5) is 32.7. The van der Waals surface area contributed by atoms with Crippen LogP contribution in [0.2, 0.25) is 0 Å². The number of nitrogens with one attached hydrogen (secondary N) is 1. The third-order valence-corrected chi connectivity index (χ3v) is 6.08. The molecule has 1 fully saturated rings. The van der Waals surface area contributed by atoms with Crippen molar-refractivity contribution < 1.29 is 23.5 Å². The molecule has 5 rings (SSSR count). The molecule has 0 bridgehead atoms. The van der Waals surface area contributed by atoms with Crippen molar-refractivity contribution in [3.05, 3.63) is 48.4 Å². The van der Waals surface area contributed by atoms with Gasteiger partial charge in [-0.25, -0.2) is 4.98 Å². The van der Waals surface area contributed by atoms with Gasteiger partial charge in [-0.3, -0.25) is 14.5 Å². The molecule has 1 amide bonds. The molecule has 1 saturated heterocycles. The third-order valence-electron chi connectivity index (χ3n) is 5.19. The van der Waals surface area contributed by atoms with Crippen molar-refractivity contribution in [2.45, 2.75) is 19.0 Å². The van der Waals surface area contributed by atoms with Gasteiger partial charge in [-0.2, -0.15) is 4.98 Å². The normalized spacial score (nSPS) is 16.4. The highest BCUT2D eigenvalue weighted by Crippen LogP contribution is 2.32. The summed E-state index contributed by atoms with van der Waals surface area (Å²) in [6, 6.07) is 11.6. The van der Waals surface area contributed by atoms with Gasteiger partial charge in [-0.05, 0) is 36.8 Å². The van der Waals surface area contributed by atoms with Gasteiger partial charge in [-0.15, -0.1) is 0 Å². The number of carbonyl (C=O) groups is 2. The van der Waals surface area contributed by atoms with E-state index in [0.29, 0.717) is 29.7 Å². The standard InChI is InChI=1S/C22H20N4O5S/c27-13-29-12-20(28)24-15-5-7-26(10-15)11-17-8-14-3-4-16(9-18(14)30-17)31-22-25-21-19(32-22)2-1-6-23-21/h1-4,6,8-9,13,15H,5,7,10-12H2,(H,24,28). The van der Waals surface area contributed by atoms with E-state index in [-0.39, 0.29) is 25.0 Å². The van der Waals surface area contributed by atoms with Gasteiger partial charge in [0.05, 0.1) is 11.2 Å². The smallest absolute Gasteiger partial charge is 0.293 e. The minimum atomic E-state index is -0.288. The lowest BCUT2D eigenvalue weighted by Crippen LogP contribution is -2.38. The number of hydrogen-bond acceptors (Lipinski definition) is 9. The van der Waals surface area contributed by atoms with Crippen LogP contribution in [0, 0.1) is 0 Å². The average Bonchev–Trinajstić information content (AvgIpc) is 3.50. The SMILES string of the molecule is O=COCC(=O)NC1CCN(Cc2cc3ccc(Oc4nc5ncccc5s4)cc3o2)C1. The first kappa shape index (κ1) is 20.4. The van der Waals surface area contributed by atoms with Crippen LogP contribution >= 0.6 is 11.3 Å². The zero-order valence-corrected chi connectivity index (χ0v) is 17.8. The van der Waals surface area contributed by atoms with E-state index in [1.165, 1.54) is 11.3 Å². The average molecular weight is 452 g/mol. The molecule has 4 aromatic rings. The highest BCUT2D eigenvalue weighted by atomic mass is 32.1. The Morgan fingerprint density at radius 1 is 1.34 bits per heavy atom. The Kier molecular flexibility index (Phi) is 5.70. The van der Waals surface area contributed by atoms with Crippen molar-refractivity contribution in [2.24, 2.45) is 0 Å². The third kappa shape index (κ3) is 4.56. The number of carbonyl (C=O) groups excluding carboxylic acids is 2. The van der Waals surface area contributed by atoms with Crippen LogP contribution < -0.4 is 10.1 Å². The zero-order chi connectivity index (χ0) is 21.9. The minimum absolute atomic E-state index is 0.0328. The summed E-state index contributed by atoms with van der Waals surface area (Å²) < 4.78 is 17.4. The Balaban J connectivity index is 1.21. The van der Waals surface area contributed by atoms with Gasteiger partial charge in [0.15, 0.2) is 12.3 Å². The second-order valence-electron chi connectivity index (χ2n) is 7.51. The minimum Gasteiger partial charge on any atom is -0.460 e. The van der Waals surface area contributed by atoms with E-state index in [1.54, 1.807) is 6.20 Å². The van der Waals surface area contributed by atoms with E-state index in [4.69, 9.17) is 9.15 Å². The van der Waals surface area contributed by atoms with Gasteiger partial charge in [0, 0.05) is 36.8 Å². The van der Waals surface area contributed by atoms with E-state index in [9.17, 15) is 9.59 Å². The quantitative estimate of drug-likeness (QED) is 0.407. The van der Waals surface area contributed by atoms with Crippen LogP contribution in [0.4, 0.5) is 0 Å². The number of amides is 1. The first-order valence-electron chi connectivity index (χ1n) is 10.1. The molecule has 1 atom stereocenters. The molecule has 164 valence electrons. The van der Waals surface area contributed by atoms with Gasteiger partial charge in [-0.1, -0.05) is 11.3 Å². The number of rotatable bonds is 8. The predicted octanol–water partition coefficient (Wildman–Crippen LogP) is 3.09. The molecule has 0 aliphatic carbocycles. The van der Waals surface area contributed by atoms with Gasteiger partial charge in [0.25, 0.3) is 17.6 Å². The molecule has 4 heterocycles. The van der Waals surface area contributed by atoms with Gasteiger partial charge in [0.1, 0.15) is 17.1 Å². The van der Waals surface area contributed by atoms with E-state index in [1.807, 2.05) is 36.4 Å². The summed E-state index contributed by atoms with van der Waals surface area (Å²) >= 11 is 1.44. The maximum atomic E-state index is 11.7. The van der Waals surface area contributed by atoms with Crippen molar-refractivity contribution in [1.82, 2.24) is 20.2 Å². The summed E-state index contributed by atoms with van der Waals surface area (Å²) in [6.45, 7) is 2.22. The molecule has 0 spiro atoms. The Morgan fingerprint density at radius 2 is 2.28 bits per heavy atom. The summed E-state index contributed by atoms with van der Waals surface area (Å²) in [6.07, 6.45) is 2.54. The fraction of sp³-hybridized carbons (Fsp3) is 0.273. The van der Waals surface area contributed by atoms with Crippen LogP contribution in [0.1, 0.15) is 12.2 Å². The molecule has 10 heteroatoms. The number of hydrogen-bond donors (Lipinski definition) is 1. The number of aromatic nitrogens is 2. The lowest BCUT2D eigenvalue weighted by molar-refractivity contribution is -0.137. The number of fused-ring (bicyclic) bond motifs is 2. The lowest BCUT2D eigenvalue weighted by atomic mass is 10.2. The monoisotopic (exact) mass is 452 g/mol. The first-order valence-corrected chi connectivity index (χ1v) is 11.0. The largest absolute Gasteiger partial charge is 0.460 e. The molecule has 9 nitrogen and oxygen atoms in total. The number of nitrogens with zero attached hydrogens (tertiary/aromatic N) is 3. The van der Waals surface area contributed by atoms with Crippen molar-refractivity contribution in [3.63, 3.8) is 0 Å². The highest BCUT2D eigenvalue weighted by molar-refractivity contribution is 7.20. The maximum absolute atomic E-state index is 11.7. The van der Waals surface area contributed by atoms with Crippen molar-refractivity contribution in [1.29, 1.82) is 0 Å². The number of furan rings is 1. The van der Waals surface area contributed by atoms with Crippen LogP contribution in [0.25, 0.3) is 21.3 Å². The lowest BCUT2D eigenvalue weighted by Gasteiger charge is -2.15. The van der Waals surface area contributed by atoms with E-state index >= 15 is 0 Å². The van der Waals surface area contributed by atoms with E-state index < -0.39 is 0 Å². The number of thiazole rings is 1. The van der Waals surface area contributed by atoms with E-state index in [0.717, 1.165) is 34.4 Å². The Labute approximate surface area is 186 Å². The fourth-order valence-electron chi connectivity index (χ4n) is 3.80. The molecule has 1 aliphatic heterocycles. The van der Waals surface area contributed by atoms with Gasteiger partial charge < -0.3 is 19.2 Å². The molecule has 1 aromatic carbocycles. The molecule has 0 saturated carbocycles. The Hall–Kier alpha value is -3.50. The van der Waals surface area contributed by atoms with Crippen LogP contribution in [0.3, 0.4) is 0 Å². The van der Waals surface area contributed by atoms with Crippen LogP contribution in [0.15, 0.2) is 47.0 Å². The molecular weight excluding hydrogens is 432 g/mol. The molecule has 1 unspecified atom stereocenters. The topological polar surface area (TPSA) is 107 Å². The molecule has 32 heavy (non-hydrogen) atoms. The van der Waals surface area contributed by atoms with Crippen molar-refractivity contribution in [2.75, 3.05) is 19.7 Å². The second kappa shape index (κ2) is 8.93. The molecule has 0 radical (unpaired) electrons. The highest BCUT2D eigenvalue weighted by Gasteiger charge is 2.24. The summed E-state index contributed by atoms with van der Waals surface area (Å²) in [7, 11) is 0. The van der Waals surface area contributed by atoms with Gasteiger partial charge in [0.2, 0.25) is 0 Å². The summed E-state index contributed by atoms with van der Waals surface area (Å²) in [5.41, 5.74) is 1.41. The number of likely N-dealkylation sites (tertiary alicyclic amines) is 1. The molecular formula is C22H20N4O5S. The first-order chi connectivity index (χ1) is 15.7. The maximum Gasteiger partial charge on any atom is 0.293 e. The summed E-state index contributed by atoms with van der Waals surface area (Å²) in [5.74, 6) is 1.21. The van der Waals surface area contributed by atoms with Crippen LogP contribution in [-0.2, 0) is 20.9 Å².